The zero-order chi connectivity index (χ0) is 17.0. The van der Waals surface area contributed by atoms with Crippen LogP contribution >= 0.6 is 11.3 Å². The fourth-order valence-electron chi connectivity index (χ4n) is 3.80. The van der Waals surface area contributed by atoms with Gasteiger partial charge in [0.2, 0.25) is 4.96 Å². The maximum atomic E-state index is 4.78. The SMILES string of the molecule is Cc1nn2c(CN3CCCC(c4n[nH]c(C5CC5)n4)C3)c(C)nc2s1. The smallest absolute Gasteiger partial charge is 0.212 e. The van der Waals surface area contributed by atoms with E-state index in [2.05, 4.69) is 32.1 Å². The van der Waals surface area contributed by atoms with E-state index in [9.17, 15) is 0 Å². The molecule has 2 fully saturated rings. The molecular formula is C17H23N7S. The van der Waals surface area contributed by atoms with Gasteiger partial charge < -0.3 is 0 Å². The van der Waals surface area contributed by atoms with Gasteiger partial charge in [0.05, 0.1) is 11.4 Å². The first-order valence-electron chi connectivity index (χ1n) is 9.13. The molecule has 0 spiro atoms. The van der Waals surface area contributed by atoms with Crippen LogP contribution < -0.4 is 0 Å². The summed E-state index contributed by atoms with van der Waals surface area (Å²) >= 11 is 1.66. The van der Waals surface area contributed by atoms with E-state index < -0.39 is 0 Å². The second kappa shape index (κ2) is 5.88. The summed E-state index contributed by atoms with van der Waals surface area (Å²) in [7, 11) is 0. The van der Waals surface area contributed by atoms with Crippen molar-refractivity contribution < 1.29 is 0 Å². The van der Waals surface area contributed by atoms with Crippen molar-refractivity contribution in [3.63, 3.8) is 0 Å². The third kappa shape index (κ3) is 2.87. The number of aryl methyl sites for hydroxylation is 2. The lowest BCUT2D eigenvalue weighted by Crippen LogP contribution is -2.34. The van der Waals surface area contributed by atoms with Crippen LogP contribution in [-0.2, 0) is 6.54 Å². The molecule has 5 rings (SSSR count). The number of piperidine rings is 1. The Morgan fingerprint density at radius 1 is 1.16 bits per heavy atom. The number of hydrogen-bond acceptors (Lipinski definition) is 6. The number of fused-ring (bicyclic) bond motifs is 1. The Hall–Kier alpha value is -1.80. The van der Waals surface area contributed by atoms with Crippen LogP contribution in [-0.4, -0.2) is 47.8 Å². The average molecular weight is 357 g/mol. The minimum atomic E-state index is 0.429. The van der Waals surface area contributed by atoms with Gasteiger partial charge in [-0.1, -0.05) is 11.3 Å². The molecule has 0 bridgehead atoms. The standard InChI is InChI=1S/C17H23N7S/c1-10-14(24-17(18-10)25-11(2)22-24)9-23-7-3-4-13(8-23)16-19-15(20-21-16)12-5-6-12/h12-13H,3-9H2,1-2H3,(H,19,20,21). The minimum absolute atomic E-state index is 0.429. The first-order valence-corrected chi connectivity index (χ1v) is 9.95. The largest absolute Gasteiger partial charge is 0.297 e. The van der Waals surface area contributed by atoms with Crippen LogP contribution in [0.3, 0.4) is 0 Å². The second-order valence-corrected chi connectivity index (χ2v) is 8.55. The second-order valence-electron chi connectivity index (χ2n) is 7.39. The summed E-state index contributed by atoms with van der Waals surface area (Å²) in [6.07, 6.45) is 4.88. The number of nitrogens with one attached hydrogen (secondary N) is 1. The first kappa shape index (κ1) is 15.5. The van der Waals surface area contributed by atoms with E-state index in [0.717, 1.165) is 46.9 Å². The maximum Gasteiger partial charge on any atom is 0.212 e. The normalized spacial score (nSPS) is 22.1. The molecule has 1 saturated carbocycles. The molecule has 7 nitrogen and oxygen atoms in total. The van der Waals surface area contributed by atoms with Gasteiger partial charge in [-0.05, 0) is 46.1 Å². The highest BCUT2D eigenvalue weighted by Gasteiger charge is 2.30. The van der Waals surface area contributed by atoms with Crippen molar-refractivity contribution in [2.45, 2.75) is 57.9 Å². The molecule has 1 N–H and O–H groups in total. The lowest BCUT2D eigenvalue weighted by molar-refractivity contribution is 0.193. The van der Waals surface area contributed by atoms with Crippen molar-refractivity contribution >= 4 is 16.3 Å². The van der Waals surface area contributed by atoms with Gasteiger partial charge in [0, 0.05) is 24.9 Å². The van der Waals surface area contributed by atoms with Gasteiger partial charge in [0.25, 0.3) is 0 Å². The maximum absolute atomic E-state index is 4.78. The number of hydrogen-bond donors (Lipinski definition) is 1. The molecule has 0 aromatic carbocycles. The summed E-state index contributed by atoms with van der Waals surface area (Å²) in [6, 6.07) is 0. The van der Waals surface area contributed by atoms with Crippen molar-refractivity contribution in [2.75, 3.05) is 13.1 Å². The quantitative estimate of drug-likeness (QED) is 0.777. The summed E-state index contributed by atoms with van der Waals surface area (Å²) in [4.78, 5) is 13.0. The number of likely N-dealkylation sites (tertiary alicyclic amines) is 1. The Balaban J connectivity index is 1.34. The van der Waals surface area contributed by atoms with Crippen molar-refractivity contribution in [3.8, 4) is 0 Å². The van der Waals surface area contributed by atoms with E-state index in [4.69, 9.17) is 4.98 Å². The van der Waals surface area contributed by atoms with Gasteiger partial charge in [0.15, 0.2) is 5.82 Å². The molecule has 1 aliphatic carbocycles. The number of nitrogens with zero attached hydrogens (tertiary/aromatic N) is 6. The van der Waals surface area contributed by atoms with Gasteiger partial charge in [-0.15, -0.1) is 0 Å². The van der Waals surface area contributed by atoms with Crippen LogP contribution in [0, 0.1) is 13.8 Å². The van der Waals surface area contributed by atoms with E-state index in [1.807, 2.05) is 11.4 Å². The van der Waals surface area contributed by atoms with Crippen LogP contribution in [0.4, 0.5) is 0 Å². The third-order valence-electron chi connectivity index (χ3n) is 5.33. The topological polar surface area (TPSA) is 75.0 Å². The fourth-order valence-corrected chi connectivity index (χ4v) is 4.61. The van der Waals surface area contributed by atoms with Gasteiger partial charge in [0.1, 0.15) is 10.8 Å². The monoisotopic (exact) mass is 357 g/mol. The average Bonchev–Trinajstić information content (AvgIpc) is 3.12. The lowest BCUT2D eigenvalue weighted by atomic mass is 9.97. The molecule has 3 aromatic rings. The Labute approximate surface area is 150 Å². The fraction of sp³-hybridized carbons (Fsp3) is 0.647. The van der Waals surface area contributed by atoms with E-state index in [1.165, 1.54) is 31.4 Å². The number of H-pyrrole nitrogens is 1. The lowest BCUT2D eigenvalue weighted by Gasteiger charge is -2.31. The first-order chi connectivity index (χ1) is 12.2. The Bertz CT molecular complexity index is 904. The summed E-state index contributed by atoms with van der Waals surface area (Å²) in [6.45, 7) is 7.15. The Morgan fingerprint density at radius 2 is 2.04 bits per heavy atom. The summed E-state index contributed by atoms with van der Waals surface area (Å²) < 4.78 is 2.02. The highest BCUT2D eigenvalue weighted by Crippen LogP contribution is 2.38. The van der Waals surface area contributed by atoms with Crippen LogP contribution in [0.2, 0.25) is 0 Å². The molecule has 1 unspecified atom stereocenters. The van der Waals surface area contributed by atoms with E-state index in [-0.39, 0.29) is 0 Å². The van der Waals surface area contributed by atoms with Gasteiger partial charge >= 0.3 is 0 Å². The van der Waals surface area contributed by atoms with Crippen LogP contribution in [0.5, 0.6) is 0 Å². The van der Waals surface area contributed by atoms with Crippen molar-refractivity contribution in [1.82, 2.24) is 34.7 Å². The molecule has 1 aliphatic heterocycles. The molecule has 0 radical (unpaired) electrons. The van der Waals surface area contributed by atoms with Gasteiger partial charge in [-0.3, -0.25) is 10.00 Å². The number of imidazole rings is 1. The Morgan fingerprint density at radius 3 is 2.88 bits per heavy atom. The van der Waals surface area contributed by atoms with Crippen molar-refractivity contribution in [3.05, 3.63) is 28.0 Å². The molecule has 25 heavy (non-hydrogen) atoms. The van der Waals surface area contributed by atoms with Gasteiger partial charge in [-0.25, -0.2) is 14.5 Å². The van der Waals surface area contributed by atoms with Gasteiger partial charge in [-0.2, -0.15) is 10.2 Å². The number of aromatic nitrogens is 6. The molecule has 2 aliphatic rings. The molecule has 1 atom stereocenters. The Kier molecular flexibility index (Phi) is 3.63. The summed E-state index contributed by atoms with van der Waals surface area (Å²) in [5.41, 5.74) is 2.31. The number of aromatic amines is 1. The highest BCUT2D eigenvalue weighted by atomic mass is 32.1. The van der Waals surface area contributed by atoms with Crippen LogP contribution in [0.1, 0.15) is 65.6 Å². The summed E-state index contributed by atoms with van der Waals surface area (Å²) in [5.74, 6) is 3.17. The molecule has 4 heterocycles. The zero-order valence-electron chi connectivity index (χ0n) is 14.7. The molecule has 8 heteroatoms. The van der Waals surface area contributed by atoms with Crippen molar-refractivity contribution in [1.29, 1.82) is 0 Å². The van der Waals surface area contributed by atoms with E-state index in [1.54, 1.807) is 11.3 Å². The highest BCUT2D eigenvalue weighted by molar-refractivity contribution is 7.16. The van der Waals surface area contributed by atoms with Crippen LogP contribution in [0.15, 0.2) is 0 Å². The van der Waals surface area contributed by atoms with E-state index in [0.29, 0.717) is 11.8 Å². The third-order valence-corrected chi connectivity index (χ3v) is 6.15. The number of rotatable bonds is 4. The minimum Gasteiger partial charge on any atom is -0.297 e. The molecule has 1 saturated heterocycles. The predicted octanol–water partition coefficient (Wildman–Crippen LogP) is 2.78. The van der Waals surface area contributed by atoms with E-state index >= 15 is 0 Å². The molecule has 3 aromatic heterocycles. The van der Waals surface area contributed by atoms with Crippen molar-refractivity contribution in [2.24, 2.45) is 0 Å². The summed E-state index contributed by atoms with van der Waals surface area (Å²) in [5, 5.41) is 13.4. The predicted molar refractivity (Wildman–Crippen MR) is 95.9 cm³/mol. The molecule has 132 valence electrons. The zero-order valence-corrected chi connectivity index (χ0v) is 15.5. The molecule has 0 amide bonds. The molecular weight excluding hydrogens is 334 g/mol. The van der Waals surface area contributed by atoms with Crippen LogP contribution in [0.25, 0.3) is 4.96 Å².